The molecule has 23 heavy (non-hydrogen) atoms. The lowest BCUT2D eigenvalue weighted by Crippen LogP contribution is -2.34. The van der Waals surface area contributed by atoms with Crippen LogP contribution in [-0.2, 0) is 11.3 Å². The maximum atomic E-state index is 12.3. The fourth-order valence-corrected chi connectivity index (χ4v) is 3.20. The zero-order valence-electron chi connectivity index (χ0n) is 12.6. The van der Waals surface area contributed by atoms with Crippen LogP contribution in [0.25, 0.3) is 10.2 Å². The number of thiophene rings is 1. The Bertz CT molecular complexity index is 872. The number of hydrogen-bond acceptors (Lipinski definition) is 5. The third-order valence-corrected chi connectivity index (χ3v) is 4.49. The van der Waals surface area contributed by atoms with E-state index in [0.29, 0.717) is 10.2 Å². The van der Waals surface area contributed by atoms with Gasteiger partial charge in [-0.05, 0) is 35.6 Å². The molecule has 0 saturated carbocycles. The lowest BCUT2D eigenvalue weighted by molar-refractivity contribution is -0.122. The highest BCUT2D eigenvalue weighted by atomic mass is 32.1. The molecule has 0 aromatic carbocycles. The Hall–Kier alpha value is -2.54. The average Bonchev–Trinajstić information content (AvgIpc) is 3.05. The highest BCUT2D eigenvalue weighted by Gasteiger charge is 2.14. The second-order valence-electron chi connectivity index (χ2n) is 5.12. The monoisotopic (exact) mass is 328 g/mol. The van der Waals surface area contributed by atoms with Crippen molar-refractivity contribution in [2.24, 2.45) is 0 Å². The van der Waals surface area contributed by atoms with Crippen molar-refractivity contribution < 1.29 is 4.79 Å². The lowest BCUT2D eigenvalue weighted by atomic mass is 10.1. The average molecular weight is 328 g/mol. The van der Waals surface area contributed by atoms with Gasteiger partial charge in [0.15, 0.2) is 0 Å². The molecular formula is C16H16N4O2S. The summed E-state index contributed by atoms with van der Waals surface area (Å²) >= 11 is 1.34. The van der Waals surface area contributed by atoms with E-state index in [-0.39, 0.29) is 24.1 Å². The van der Waals surface area contributed by atoms with Crippen LogP contribution in [0.4, 0.5) is 0 Å². The van der Waals surface area contributed by atoms with E-state index in [2.05, 4.69) is 15.3 Å². The summed E-state index contributed by atoms with van der Waals surface area (Å²) in [5.41, 5.74) is 1.48. The van der Waals surface area contributed by atoms with Crippen LogP contribution in [0.3, 0.4) is 0 Å². The summed E-state index contributed by atoms with van der Waals surface area (Å²) in [6.07, 6.45) is 5.57. The first-order valence-corrected chi connectivity index (χ1v) is 8.19. The predicted octanol–water partition coefficient (Wildman–Crippen LogP) is 2.12. The molecule has 0 fully saturated rings. The molecule has 0 aliphatic rings. The first-order valence-electron chi connectivity index (χ1n) is 7.31. The second kappa shape index (κ2) is 6.70. The summed E-state index contributed by atoms with van der Waals surface area (Å²) in [5, 5.41) is 4.77. The van der Waals surface area contributed by atoms with E-state index in [1.807, 2.05) is 24.4 Å². The number of nitrogens with zero attached hydrogens (tertiary/aromatic N) is 3. The largest absolute Gasteiger partial charge is 0.348 e. The van der Waals surface area contributed by atoms with Crippen LogP contribution in [0.1, 0.15) is 24.9 Å². The van der Waals surface area contributed by atoms with Crippen molar-refractivity contribution >= 4 is 27.5 Å². The normalized spacial score (nSPS) is 12.2. The third-order valence-electron chi connectivity index (χ3n) is 3.60. The summed E-state index contributed by atoms with van der Waals surface area (Å²) < 4.78 is 1.91. The number of carbonyl (C=O) groups excluding carboxylic acids is 1. The van der Waals surface area contributed by atoms with Crippen LogP contribution >= 0.6 is 11.3 Å². The molecule has 0 saturated heterocycles. The lowest BCUT2D eigenvalue weighted by Gasteiger charge is -2.17. The molecule has 3 heterocycles. The molecule has 1 N–H and O–H groups in total. The maximum Gasteiger partial charge on any atom is 0.271 e. The first kappa shape index (κ1) is 15.4. The van der Waals surface area contributed by atoms with Gasteiger partial charge in [-0.3, -0.25) is 19.1 Å². The van der Waals surface area contributed by atoms with Gasteiger partial charge in [0.1, 0.15) is 11.2 Å². The molecule has 3 aromatic rings. The zero-order valence-corrected chi connectivity index (χ0v) is 13.4. The second-order valence-corrected chi connectivity index (χ2v) is 6.04. The maximum absolute atomic E-state index is 12.3. The molecule has 0 radical (unpaired) electrons. The Morgan fingerprint density at radius 2 is 2.13 bits per heavy atom. The molecule has 1 atom stereocenters. The number of nitrogens with one attached hydrogen (secondary N) is 1. The summed E-state index contributed by atoms with van der Waals surface area (Å²) in [6.45, 7) is 1.96. The van der Waals surface area contributed by atoms with Gasteiger partial charge >= 0.3 is 0 Å². The van der Waals surface area contributed by atoms with Crippen molar-refractivity contribution in [2.75, 3.05) is 0 Å². The number of pyridine rings is 1. The quantitative estimate of drug-likeness (QED) is 0.778. The van der Waals surface area contributed by atoms with Gasteiger partial charge in [-0.1, -0.05) is 6.92 Å². The van der Waals surface area contributed by atoms with Crippen LogP contribution in [0.15, 0.2) is 47.1 Å². The molecule has 3 aromatic heterocycles. The summed E-state index contributed by atoms with van der Waals surface area (Å²) in [6, 6.07) is 5.45. The summed E-state index contributed by atoms with van der Waals surface area (Å²) in [7, 11) is 0. The van der Waals surface area contributed by atoms with Gasteiger partial charge < -0.3 is 5.32 Å². The molecule has 0 aliphatic heterocycles. The van der Waals surface area contributed by atoms with E-state index in [9.17, 15) is 9.59 Å². The van der Waals surface area contributed by atoms with E-state index >= 15 is 0 Å². The first-order chi connectivity index (χ1) is 11.2. The molecular weight excluding hydrogens is 312 g/mol. The van der Waals surface area contributed by atoms with Crippen LogP contribution < -0.4 is 10.9 Å². The SMILES string of the molecule is CC[C@@H](NC(=O)Cn1cnc2ccsc2c1=O)c1ccncc1. The molecule has 6 nitrogen and oxygen atoms in total. The minimum absolute atomic E-state index is 0.0404. The highest BCUT2D eigenvalue weighted by Crippen LogP contribution is 2.15. The van der Waals surface area contributed by atoms with Gasteiger partial charge in [-0.15, -0.1) is 11.3 Å². The van der Waals surface area contributed by atoms with Crippen molar-refractivity contribution in [2.45, 2.75) is 25.9 Å². The number of rotatable bonds is 5. The van der Waals surface area contributed by atoms with Crippen molar-refractivity contribution in [3.63, 3.8) is 0 Å². The number of amides is 1. The molecule has 0 bridgehead atoms. The van der Waals surface area contributed by atoms with Gasteiger partial charge in [-0.25, -0.2) is 4.98 Å². The van der Waals surface area contributed by atoms with Gasteiger partial charge in [0, 0.05) is 12.4 Å². The van der Waals surface area contributed by atoms with Gasteiger partial charge in [0.2, 0.25) is 5.91 Å². The van der Waals surface area contributed by atoms with E-state index in [1.54, 1.807) is 18.5 Å². The van der Waals surface area contributed by atoms with Gasteiger partial charge in [-0.2, -0.15) is 0 Å². The Morgan fingerprint density at radius 3 is 2.87 bits per heavy atom. The highest BCUT2D eigenvalue weighted by molar-refractivity contribution is 7.17. The van der Waals surface area contributed by atoms with Crippen LogP contribution in [0.2, 0.25) is 0 Å². The Labute approximate surface area is 136 Å². The van der Waals surface area contributed by atoms with Crippen molar-refractivity contribution in [1.82, 2.24) is 19.9 Å². The minimum Gasteiger partial charge on any atom is -0.348 e. The predicted molar refractivity (Wildman–Crippen MR) is 89.3 cm³/mol. The Balaban J connectivity index is 1.75. The van der Waals surface area contributed by atoms with E-state index < -0.39 is 0 Å². The molecule has 0 unspecified atom stereocenters. The number of aromatic nitrogens is 3. The summed E-state index contributed by atoms with van der Waals surface area (Å²) in [4.78, 5) is 32.7. The van der Waals surface area contributed by atoms with Crippen molar-refractivity contribution in [1.29, 1.82) is 0 Å². The van der Waals surface area contributed by atoms with Crippen LogP contribution in [0, 0.1) is 0 Å². The molecule has 1 amide bonds. The van der Waals surface area contributed by atoms with E-state index in [4.69, 9.17) is 0 Å². The van der Waals surface area contributed by atoms with Crippen LogP contribution in [0.5, 0.6) is 0 Å². The smallest absolute Gasteiger partial charge is 0.271 e. The topological polar surface area (TPSA) is 76.9 Å². The number of fused-ring (bicyclic) bond motifs is 1. The van der Waals surface area contributed by atoms with Crippen LogP contribution in [-0.4, -0.2) is 20.4 Å². The molecule has 0 spiro atoms. The number of hydrogen-bond donors (Lipinski definition) is 1. The molecule has 3 rings (SSSR count). The third kappa shape index (κ3) is 3.29. The van der Waals surface area contributed by atoms with Crippen molar-refractivity contribution in [3.05, 3.63) is 58.2 Å². The number of carbonyl (C=O) groups is 1. The molecule has 118 valence electrons. The molecule has 7 heteroatoms. The minimum atomic E-state index is -0.214. The Kier molecular flexibility index (Phi) is 4.47. The van der Waals surface area contributed by atoms with Crippen molar-refractivity contribution in [3.8, 4) is 0 Å². The summed E-state index contributed by atoms with van der Waals surface area (Å²) in [5.74, 6) is -0.214. The van der Waals surface area contributed by atoms with Gasteiger partial charge in [0.25, 0.3) is 5.56 Å². The van der Waals surface area contributed by atoms with E-state index in [1.165, 1.54) is 22.2 Å². The van der Waals surface area contributed by atoms with E-state index in [0.717, 1.165) is 12.0 Å². The fraction of sp³-hybridized carbons (Fsp3) is 0.250. The zero-order chi connectivity index (χ0) is 16.2. The van der Waals surface area contributed by atoms with Gasteiger partial charge in [0.05, 0.1) is 17.9 Å². The Morgan fingerprint density at radius 1 is 1.35 bits per heavy atom. The standard InChI is InChI=1S/C16H16N4O2S/c1-2-12(11-3-6-17-7-4-11)19-14(21)9-20-10-18-13-5-8-23-15(13)16(20)22/h3-8,10,12H,2,9H2,1H3,(H,19,21)/t12-/m1/s1. The fourth-order valence-electron chi connectivity index (χ4n) is 2.40. The molecule has 0 aliphatic carbocycles.